The average molecular weight is 454 g/mol. The van der Waals surface area contributed by atoms with Crippen LogP contribution in [0.3, 0.4) is 0 Å². The van der Waals surface area contributed by atoms with E-state index < -0.39 is 20.0 Å². The molecule has 27 heavy (non-hydrogen) atoms. The van der Waals surface area contributed by atoms with Gasteiger partial charge in [0.25, 0.3) is 10.0 Å². The first-order valence-corrected chi connectivity index (χ1v) is 11.6. The van der Waals surface area contributed by atoms with Gasteiger partial charge in [-0.15, -0.1) is 23.7 Å². The Kier molecular flexibility index (Phi) is 6.57. The number of primary sulfonamides is 1. The number of nitrogens with zero attached hydrogens (tertiary/aromatic N) is 1. The summed E-state index contributed by atoms with van der Waals surface area (Å²) in [5, 5.41) is 17.7. The zero-order chi connectivity index (χ0) is 19.1. The fourth-order valence-electron chi connectivity index (χ4n) is 2.84. The van der Waals surface area contributed by atoms with Gasteiger partial charge >= 0.3 is 0 Å². The summed E-state index contributed by atoms with van der Waals surface area (Å²) in [7, 11) is -7.84. The number of phenolic OH excluding ortho intramolecular Hbond substituents is 1. The summed E-state index contributed by atoms with van der Waals surface area (Å²) in [6, 6.07) is 7.28. The quantitative estimate of drug-likeness (QED) is 0.627. The Balaban J connectivity index is 0.00000261. The third-order valence-corrected chi connectivity index (χ3v) is 8.97. The highest BCUT2D eigenvalue weighted by Gasteiger charge is 2.39. The molecule has 0 saturated heterocycles. The highest BCUT2D eigenvalue weighted by atomic mass is 35.5. The Labute approximate surface area is 168 Å². The van der Waals surface area contributed by atoms with Gasteiger partial charge in [-0.2, -0.15) is 4.31 Å². The number of aromatic hydroxyl groups is 1. The second kappa shape index (κ2) is 8.03. The largest absolute Gasteiger partial charge is 0.508 e. The Hall–Kier alpha value is -1.21. The van der Waals surface area contributed by atoms with Crippen molar-refractivity contribution in [3.8, 4) is 5.75 Å². The molecule has 0 saturated carbocycles. The minimum absolute atomic E-state index is 0. The van der Waals surface area contributed by atoms with Crippen molar-refractivity contribution in [3.05, 3.63) is 41.5 Å². The molecule has 0 amide bonds. The lowest BCUT2D eigenvalue weighted by Crippen LogP contribution is -2.42. The molecule has 2 heterocycles. The normalized spacial score (nSPS) is 19.3. The molecule has 0 bridgehead atoms. The molecular weight excluding hydrogens is 434 g/mol. The number of thiophene rings is 1. The topological polar surface area (TPSA) is 130 Å². The van der Waals surface area contributed by atoms with Crippen LogP contribution >= 0.6 is 23.7 Å². The lowest BCUT2D eigenvalue weighted by molar-refractivity contribution is 0.339. The molecule has 1 aliphatic heterocycles. The summed E-state index contributed by atoms with van der Waals surface area (Å²) >= 11 is 0.673. The van der Waals surface area contributed by atoms with Gasteiger partial charge in [0, 0.05) is 24.7 Å². The lowest BCUT2D eigenvalue weighted by Gasteiger charge is -2.32. The number of hydrogen-bond acceptors (Lipinski definition) is 7. The Morgan fingerprint density at radius 2 is 1.96 bits per heavy atom. The molecule has 1 aliphatic rings. The molecule has 1 aromatic carbocycles. The van der Waals surface area contributed by atoms with Crippen LogP contribution < -0.4 is 10.5 Å². The van der Waals surface area contributed by atoms with Gasteiger partial charge in [-0.1, -0.05) is 19.1 Å². The number of nitrogens with two attached hydrogens (primary N) is 1. The molecule has 2 aromatic rings. The van der Waals surface area contributed by atoms with Crippen molar-refractivity contribution >= 4 is 43.8 Å². The molecule has 8 nitrogen and oxygen atoms in total. The van der Waals surface area contributed by atoms with Crippen LogP contribution in [0.4, 0.5) is 0 Å². The van der Waals surface area contributed by atoms with Crippen LogP contribution in [-0.4, -0.2) is 39.3 Å². The highest BCUT2D eigenvalue weighted by Crippen LogP contribution is 2.40. The van der Waals surface area contributed by atoms with Crippen LogP contribution in [0.25, 0.3) is 0 Å². The van der Waals surface area contributed by atoms with E-state index in [2.05, 4.69) is 5.32 Å². The maximum Gasteiger partial charge on any atom is 0.253 e. The first kappa shape index (κ1) is 22.1. The van der Waals surface area contributed by atoms with Gasteiger partial charge in [0.15, 0.2) is 0 Å². The van der Waals surface area contributed by atoms with Gasteiger partial charge in [-0.05, 0) is 30.3 Å². The monoisotopic (exact) mass is 453 g/mol. The number of halogens is 1. The summed E-state index contributed by atoms with van der Waals surface area (Å²) in [5.41, 5.74) is 1.15. The van der Waals surface area contributed by atoms with E-state index in [4.69, 9.17) is 5.14 Å². The number of hydrogen-bond donors (Lipinski definition) is 3. The summed E-state index contributed by atoms with van der Waals surface area (Å²) in [5.74, 6) is 0.0964. The molecule has 0 unspecified atom stereocenters. The molecular formula is C15H20ClN3O5S3. The second-order valence-electron chi connectivity index (χ2n) is 5.93. The van der Waals surface area contributed by atoms with E-state index in [1.807, 2.05) is 6.92 Å². The van der Waals surface area contributed by atoms with Crippen molar-refractivity contribution < 1.29 is 21.9 Å². The van der Waals surface area contributed by atoms with Crippen LogP contribution in [0.1, 0.15) is 24.1 Å². The van der Waals surface area contributed by atoms with E-state index in [1.165, 1.54) is 22.5 Å². The van der Waals surface area contributed by atoms with Gasteiger partial charge in [-0.25, -0.2) is 22.0 Å². The second-order valence-corrected chi connectivity index (χ2v) is 10.9. The van der Waals surface area contributed by atoms with Crippen molar-refractivity contribution in [1.82, 2.24) is 9.62 Å². The number of benzene rings is 1. The number of fused-ring (bicyclic) bond motifs is 1. The molecule has 0 spiro atoms. The summed E-state index contributed by atoms with van der Waals surface area (Å²) in [6.07, 6.45) is 0. The summed E-state index contributed by atoms with van der Waals surface area (Å²) in [4.78, 5) is 0. The molecule has 0 aliphatic carbocycles. The van der Waals surface area contributed by atoms with Gasteiger partial charge in [0.05, 0.1) is 0 Å². The van der Waals surface area contributed by atoms with Crippen LogP contribution in [-0.2, 0) is 26.6 Å². The standard InChI is InChI=1S/C15H19N3O5S3.ClH/c1-2-17-13-9-18(8-10-3-5-11(19)6-4-10)26(22,23)15-12(13)7-14(24-15)25(16,20)21;/h3-7,13,17,19H,2,8-9H2,1H3,(H2,16,20,21);1H/t13-;/m0./s1. The lowest BCUT2D eigenvalue weighted by atomic mass is 10.1. The zero-order valence-corrected chi connectivity index (χ0v) is 17.6. The van der Waals surface area contributed by atoms with Crippen molar-refractivity contribution in [2.45, 2.75) is 27.9 Å². The van der Waals surface area contributed by atoms with Crippen LogP contribution in [0.2, 0.25) is 0 Å². The maximum atomic E-state index is 13.0. The third kappa shape index (κ3) is 4.45. The molecule has 0 fully saturated rings. The van der Waals surface area contributed by atoms with E-state index >= 15 is 0 Å². The summed E-state index contributed by atoms with van der Waals surface area (Å²) in [6.45, 7) is 2.77. The average Bonchev–Trinajstić information content (AvgIpc) is 3.01. The molecule has 0 radical (unpaired) electrons. The minimum Gasteiger partial charge on any atom is -0.508 e. The highest BCUT2D eigenvalue weighted by molar-refractivity contribution is 7.94. The minimum atomic E-state index is -3.99. The van der Waals surface area contributed by atoms with Gasteiger partial charge < -0.3 is 10.4 Å². The van der Waals surface area contributed by atoms with Crippen LogP contribution in [0, 0.1) is 0 Å². The van der Waals surface area contributed by atoms with E-state index in [-0.39, 0.29) is 45.7 Å². The smallest absolute Gasteiger partial charge is 0.253 e. The zero-order valence-electron chi connectivity index (χ0n) is 14.3. The third-order valence-electron chi connectivity index (χ3n) is 4.06. The predicted molar refractivity (Wildman–Crippen MR) is 105 cm³/mol. The van der Waals surface area contributed by atoms with Crippen LogP contribution in [0.5, 0.6) is 5.75 Å². The number of rotatable bonds is 5. The molecule has 1 aromatic heterocycles. The fraction of sp³-hybridized carbons (Fsp3) is 0.333. The van der Waals surface area contributed by atoms with Crippen molar-refractivity contribution in [1.29, 1.82) is 0 Å². The molecule has 1 atom stereocenters. The number of nitrogens with one attached hydrogen (secondary N) is 1. The van der Waals surface area contributed by atoms with Crippen molar-refractivity contribution in [2.24, 2.45) is 5.14 Å². The molecule has 4 N–H and O–H groups in total. The number of likely N-dealkylation sites (N-methyl/N-ethyl adjacent to an activating group) is 1. The van der Waals surface area contributed by atoms with Gasteiger partial charge in [-0.3, -0.25) is 0 Å². The fourth-order valence-corrected chi connectivity index (χ4v) is 7.10. The molecule has 150 valence electrons. The Morgan fingerprint density at radius 3 is 2.52 bits per heavy atom. The first-order chi connectivity index (χ1) is 12.1. The van der Waals surface area contributed by atoms with E-state index in [1.54, 1.807) is 12.1 Å². The summed E-state index contributed by atoms with van der Waals surface area (Å²) < 4.78 is 50.4. The van der Waals surface area contributed by atoms with E-state index in [0.717, 1.165) is 0 Å². The van der Waals surface area contributed by atoms with E-state index in [9.17, 15) is 21.9 Å². The van der Waals surface area contributed by atoms with Gasteiger partial charge in [0.2, 0.25) is 10.0 Å². The molecule has 12 heteroatoms. The maximum absolute atomic E-state index is 13.0. The van der Waals surface area contributed by atoms with E-state index in [0.29, 0.717) is 29.0 Å². The Morgan fingerprint density at radius 1 is 1.33 bits per heavy atom. The van der Waals surface area contributed by atoms with Crippen molar-refractivity contribution in [3.63, 3.8) is 0 Å². The van der Waals surface area contributed by atoms with Crippen LogP contribution in [0.15, 0.2) is 38.8 Å². The SMILES string of the molecule is CCN[C@H]1CN(Cc2ccc(O)cc2)S(=O)(=O)c2sc(S(N)(=O)=O)cc21.Cl. The Bertz CT molecular complexity index is 1020. The molecule has 3 rings (SSSR count). The van der Waals surface area contributed by atoms with Gasteiger partial charge in [0.1, 0.15) is 14.2 Å². The first-order valence-electron chi connectivity index (χ1n) is 7.81. The predicted octanol–water partition coefficient (Wildman–Crippen LogP) is 1.38. The number of sulfonamides is 2. The number of phenols is 1. The van der Waals surface area contributed by atoms with Crippen molar-refractivity contribution in [2.75, 3.05) is 13.1 Å².